The van der Waals surface area contributed by atoms with Gasteiger partial charge in [-0.05, 0) is 73.0 Å². The number of hydrogen-bond acceptors (Lipinski definition) is 6. The molecule has 0 saturated carbocycles. The smallest absolute Gasteiger partial charge is 0.335 e. The van der Waals surface area contributed by atoms with Crippen molar-refractivity contribution < 1.29 is 33.8 Å². The first-order valence-electron chi connectivity index (χ1n) is 12.3. The van der Waals surface area contributed by atoms with Crippen molar-refractivity contribution in [2.45, 2.75) is 20.0 Å². The maximum Gasteiger partial charge on any atom is 0.335 e. The number of aromatic carboxylic acids is 1. The Morgan fingerprint density at radius 1 is 1.02 bits per heavy atom. The number of rotatable bonds is 10. The van der Waals surface area contributed by atoms with Crippen molar-refractivity contribution in [3.8, 4) is 11.5 Å². The minimum absolute atomic E-state index is 0.131. The van der Waals surface area contributed by atoms with Crippen LogP contribution in [0.15, 0.2) is 72.8 Å². The normalized spacial score (nSPS) is 14.2. The lowest BCUT2D eigenvalue weighted by atomic mass is 10.0. The summed E-state index contributed by atoms with van der Waals surface area (Å²) in [4.78, 5) is 50.6. The number of hydrogen-bond donors (Lipinski definition) is 2. The van der Waals surface area contributed by atoms with Crippen LogP contribution in [-0.2, 0) is 22.6 Å². The van der Waals surface area contributed by atoms with Gasteiger partial charge in [-0.25, -0.2) is 14.5 Å². The van der Waals surface area contributed by atoms with Crippen molar-refractivity contribution in [1.82, 2.24) is 5.32 Å². The highest BCUT2D eigenvalue weighted by Crippen LogP contribution is 2.36. The molecule has 0 aliphatic carbocycles. The van der Waals surface area contributed by atoms with Gasteiger partial charge in [0.25, 0.3) is 11.8 Å². The molecule has 2 N–H and O–H groups in total. The molecule has 3 aromatic rings. The number of amides is 4. The number of halogens is 2. The van der Waals surface area contributed by atoms with E-state index in [2.05, 4.69) is 11.9 Å². The lowest BCUT2D eigenvalue weighted by Crippen LogP contribution is -2.54. The van der Waals surface area contributed by atoms with E-state index in [1.807, 2.05) is 0 Å². The second-order valence-electron chi connectivity index (χ2n) is 8.78. The highest BCUT2D eigenvalue weighted by Gasteiger charge is 2.37. The zero-order valence-corrected chi connectivity index (χ0v) is 23.3. The molecule has 210 valence electrons. The summed E-state index contributed by atoms with van der Waals surface area (Å²) in [6.45, 7) is 6.03. The summed E-state index contributed by atoms with van der Waals surface area (Å²) in [6.07, 6.45) is 3.40. The monoisotopic (exact) mass is 594 g/mol. The van der Waals surface area contributed by atoms with Gasteiger partial charge in [-0.3, -0.25) is 14.9 Å². The Bertz CT molecular complexity index is 1580. The SMILES string of the molecule is C=CCc1cc(/C=C2\C(=O)NC(=O)N(c3ccc(Cl)c(Cl)c3)C2=O)cc(OCC)c1OCc1ccc(C(=O)O)cc1. The number of ether oxygens (including phenoxy) is 2. The van der Waals surface area contributed by atoms with E-state index in [0.717, 1.165) is 10.5 Å². The molecule has 4 amide bonds. The average Bonchev–Trinajstić information content (AvgIpc) is 2.93. The predicted molar refractivity (Wildman–Crippen MR) is 155 cm³/mol. The van der Waals surface area contributed by atoms with Gasteiger partial charge in [-0.15, -0.1) is 6.58 Å². The van der Waals surface area contributed by atoms with E-state index in [1.165, 1.54) is 36.4 Å². The van der Waals surface area contributed by atoms with Crippen molar-refractivity contribution in [2.75, 3.05) is 11.5 Å². The molecule has 11 heteroatoms. The van der Waals surface area contributed by atoms with Gasteiger partial charge in [0.2, 0.25) is 0 Å². The molecule has 0 unspecified atom stereocenters. The third kappa shape index (κ3) is 6.59. The third-order valence-electron chi connectivity index (χ3n) is 5.98. The Balaban J connectivity index is 1.70. The first kappa shape index (κ1) is 29.4. The number of benzene rings is 3. The highest BCUT2D eigenvalue weighted by atomic mass is 35.5. The minimum atomic E-state index is -1.02. The second-order valence-corrected chi connectivity index (χ2v) is 9.59. The molecule has 1 fully saturated rings. The molecule has 4 rings (SSSR count). The summed E-state index contributed by atoms with van der Waals surface area (Å²) in [6, 6.07) is 12.9. The lowest BCUT2D eigenvalue weighted by Gasteiger charge is -2.26. The van der Waals surface area contributed by atoms with Crippen LogP contribution in [-0.4, -0.2) is 35.5 Å². The Labute approximate surface area is 245 Å². The second kappa shape index (κ2) is 12.7. The largest absolute Gasteiger partial charge is 0.490 e. The number of carbonyl (C=O) groups excluding carboxylic acids is 3. The Hall–Kier alpha value is -4.60. The summed E-state index contributed by atoms with van der Waals surface area (Å²) in [5.41, 5.74) is 1.88. The molecule has 0 spiro atoms. The van der Waals surface area contributed by atoms with Crippen LogP contribution in [0.25, 0.3) is 6.08 Å². The van der Waals surface area contributed by atoms with Crippen LogP contribution in [0, 0.1) is 0 Å². The number of anilines is 1. The van der Waals surface area contributed by atoms with Crippen LogP contribution in [0.4, 0.5) is 10.5 Å². The number of urea groups is 1. The van der Waals surface area contributed by atoms with Gasteiger partial charge in [-0.2, -0.15) is 0 Å². The zero-order chi connectivity index (χ0) is 29.7. The van der Waals surface area contributed by atoms with E-state index in [4.69, 9.17) is 37.8 Å². The van der Waals surface area contributed by atoms with Gasteiger partial charge >= 0.3 is 12.0 Å². The van der Waals surface area contributed by atoms with E-state index in [1.54, 1.807) is 37.3 Å². The van der Waals surface area contributed by atoms with Gasteiger partial charge in [0.1, 0.15) is 12.2 Å². The fourth-order valence-electron chi connectivity index (χ4n) is 4.08. The standard InChI is InChI=1S/C30H24Cl2N2O7/c1-3-5-20-12-18(14-25(40-4-2)26(20)41-16-17-6-8-19(9-7-17)29(37)38)13-22-27(35)33-30(39)34(28(22)36)21-10-11-23(31)24(32)15-21/h3,6-15H,1,4-5,16H2,2H3,(H,37,38)(H,33,35,39)/b22-13+. The molecular weight excluding hydrogens is 571 g/mol. The molecule has 41 heavy (non-hydrogen) atoms. The van der Waals surface area contributed by atoms with Crippen molar-refractivity contribution in [1.29, 1.82) is 0 Å². The Morgan fingerprint density at radius 3 is 2.39 bits per heavy atom. The zero-order valence-electron chi connectivity index (χ0n) is 21.8. The molecule has 0 atom stereocenters. The van der Waals surface area contributed by atoms with E-state index in [0.29, 0.717) is 35.7 Å². The summed E-state index contributed by atoms with van der Waals surface area (Å²) in [5, 5.41) is 11.7. The first-order valence-corrected chi connectivity index (χ1v) is 13.1. The molecule has 1 aliphatic rings. The van der Waals surface area contributed by atoms with Crippen LogP contribution in [0.5, 0.6) is 11.5 Å². The summed E-state index contributed by atoms with van der Waals surface area (Å²) in [5.74, 6) is -1.93. The van der Waals surface area contributed by atoms with Crippen molar-refractivity contribution in [2.24, 2.45) is 0 Å². The van der Waals surface area contributed by atoms with Crippen LogP contribution in [0.3, 0.4) is 0 Å². The van der Waals surface area contributed by atoms with E-state index in [-0.39, 0.29) is 33.5 Å². The first-order chi connectivity index (χ1) is 19.6. The number of nitrogens with one attached hydrogen (secondary N) is 1. The van der Waals surface area contributed by atoms with Crippen LogP contribution in [0.1, 0.15) is 34.0 Å². The summed E-state index contributed by atoms with van der Waals surface area (Å²) < 4.78 is 11.9. The number of carbonyl (C=O) groups is 4. The Morgan fingerprint density at radius 2 is 1.76 bits per heavy atom. The molecule has 1 saturated heterocycles. The number of nitrogens with zero attached hydrogens (tertiary/aromatic N) is 1. The van der Waals surface area contributed by atoms with Crippen molar-refractivity contribution in [3.05, 3.63) is 105 Å². The van der Waals surface area contributed by atoms with E-state index >= 15 is 0 Å². The fourth-order valence-corrected chi connectivity index (χ4v) is 4.37. The van der Waals surface area contributed by atoms with Crippen LogP contribution < -0.4 is 19.7 Å². The van der Waals surface area contributed by atoms with Gasteiger partial charge in [0.05, 0.1) is 27.9 Å². The van der Waals surface area contributed by atoms with Crippen LogP contribution in [0.2, 0.25) is 10.0 Å². The predicted octanol–water partition coefficient (Wildman–Crippen LogP) is 6.06. The molecule has 1 aliphatic heterocycles. The molecule has 9 nitrogen and oxygen atoms in total. The number of imide groups is 2. The average molecular weight is 595 g/mol. The third-order valence-corrected chi connectivity index (χ3v) is 6.72. The summed E-state index contributed by atoms with van der Waals surface area (Å²) >= 11 is 12.0. The van der Waals surface area contributed by atoms with E-state index in [9.17, 15) is 19.2 Å². The minimum Gasteiger partial charge on any atom is -0.490 e. The highest BCUT2D eigenvalue weighted by molar-refractivity contribution is 6.43. The van der Waals surface area contributed by atoms with E-state index < -0.39 is 23.8 Å². The number of carboxylic acids is 1. The number of barbiturate groups is 1. The molecule has 3 aromatic carbocycles. The maximum atomic E-state index is 13.4. The molecule has 0 aromatic heterocycles. The maximum absolute atomic E-state index is 13.4. The topological polar surface area (TPSA) is 122 Å². The lowest BCUT2D eigenvalue weighted by molar-refractivity contribution is -0.122. The van der Waals surface area contributed by atoms with Gasteiger partial charge in [-0.1, -0.05) is 41.4 Å². The summed E-state index contributed by atoms with van der Waals surface area (Å²) in [7, 11) is 0. The molecular formula is C30H24Cl2N2O7. The van der Waals surface area contributed by atoms with Gasteiger partial charge < -0.3 is 14.6 Å². The van der Waals surface area contributed by atoms with Crippen molar-refractivity contribution >= 4 is 58.8 Å². The Kier molecular flexibility index (Phi) is 9.11. The quantitative estimate of drug-likeness (QED) is 0.166. The van der Waals surface area contributed by atoms with Gasteiger partial charge in [0.15, 0.2) is 11.5 Å². The molecule has 0 radical (unpaired) electrons. The molecule has 1 heterocycles. The van der Waals surface area contributed by atoms with Crippen molar-refractivity contribution in [3.63, 3.8) is 0 Å². The van der Waals surface area contributed by atoms with Crippen LogP contribution >= 0.6 is 23.2 Å². The number of allylic oxidation sites excluding steroid dienone is 1. The fraction of sp³-hybridized carbons (Fsp3) is 0.133. The number of carboxylic acid groups (broad SMARTS) is 1. The molecule has 0 bridgehead atoms. The van der Waals surface area contributed by atoms with Gasteiger partial charge in [0, 0.05) is 5.56 Å².